The quantitative estimate of drug-likeness (QED) is 0.556. The first kappa shape index (κ1) is 16.4. The Morgan fingerprint density at radius 2 is 1.45 bits per heavy atom. The minimum atomic E-state index is -0.331. The molecular weight excluding hydrogens is 344 g/mol. The zero-order valence-corrected chi connectivity index (χ0v) is 13.9. The lowest BCUT2D eigenvalue weighted by Gasteiger charge is -2.05. The summed E-state index contributed by atoms with van der Waals surface area (Å²) in [6.45, 7) is 2.09. The average molecular weight is 361 g/mol. The molecular formula is C18H17BrO3. The summed E-state index contributed by atoms with van der Waals surface area (Å²) < 4.78 is 5.85. The molecule has 0 aliphatic heterocycles. The Kier molecular flexibility index (Phi) is 5.90. The highest BCUT2D eigenvalue weighted by Crippen LogP contribution is 2.22. The van der Waals surface area contributed by atoms with Crippen molar-refractivity contribution in [1.29, 1.82) is 0 Å². The van der Waals surface area contributed by atoms with Crippen LogP contribution in [0.25, 0.3) is 11.1 Å². The molecule has 0 amide bonds. The molecule has 0 unspecified atom stereocenters. The first-order valence-electron chi connectivity index (χ1n) is 7.15. The third kappa shape index (κ3) is 4.53. The second-order valence-electron chi connectivity index (χ2n) is 4.81. The fraction of sp³-hybridized carbons (Fsp3) is 0.222. The number of ketones is 1. The molecule has 0 heterocycles. The van der Waals surface area contributed by atoms with Gasteiger partial charge in [0.15, 0.2) is 5.78 Å². The monoisotopic (exact) mass is 360 g/mol. The van der Waals surface area contributed by atoms with E-state index in [1.165, 1.54) is 0 Å². The molecule has 0 saturated carbocycles. The van der Waals surface area contributed by atoms with E-state index in [1.54, 1.807) is 19.1 Å². The van der Waals surface area contributed by atoms with Crippen molar-refractivity contribution in [3.05, 3.63) is 58.6 Å². The molecule has 0 N–H and O–H groups in total. The number of ether oxygens (including phenoxy) is 1. The van der Waals surface area contributed by atoms with Crippen molar-refractivity contribution in [3.8, 4) is 11.1 Å². The van der Waals surface area contributed by atoms with Crippen molar-refractivity contribution in [2.75, 3.05) is 6.61 Å². The highest BCUT2D eigenvalue weighted by Gasteiger charge is 2.10. The van der Waals surface area contributed by atoms with E-state index in [1.807, 2.05) is 36.4 Å². The summed E-state index contributed by atoms with van der Waals surface area (Å²) in [6.07, 6.45) is 0.303. The molecule has 2 aromatic rings. The Balaban J connectivity index is 2.00. The first-order valence-corrected chi connectivity index (χ1v) is 7.94. The molecule has 114 valence electrons. The lowest BCUT2D eigenvalue weighted by molar-refractivity contribution is -0.143. The largest absolute Gasteiger partial charge is 0.466 e. The molecule has 0 radical (unpaired) electrons. The summed E-state index contributed by atoms with van der Waals surface area (Å²) in [4.78, 5) is 23.3. The molecule has 0 fully saturated rings. The van der Waals surface area contributed by atoms with Crippen LogP contribution >= 0.6 is 15.9 Å². The summed E-state index contributed by atoms with van der Waals surface area (Å²) >= 11 is 3.41. The van der Waals surface area contributed by atoms with Crippen molar-refractivity contribution in [2.45, 2.75) is 19.8 Å². The van der Waals surface area contributed by atoms with Gasteiger partial charge < -0.3 is 4.74 Å². The molecule has 3 nitrogen and oxygen atoms in total. The molecule has 2 aromatic carbocycles. The number of hydrogen-bond donors (Lipinski definition) is 0. The summed E-state index contributed by atoms with van der Waals surface area (Å²) in [5, 5.41) is 0. The van der Waals surface area contributed by atoms with Gasteiger partial charge in [0.2, 0.25) is 0 Å². The molecule has 4 heteroatoms. The topological polar surface area (TPSA) is 43.4 Å². The van der Waals surface area contributed by atoms with Crippen molar-refractivity contribution < 1.29 is 14.3 Å². The summed E-state index contributed by atoms with van der Waals surface area (Å²) in [7, 11) is 0. The minimum absolute atomic E-state index is 0.0459. The maximum absolute atomic E-state index is 12.0. The molecule has 0 atom stereocenters. The van der Waals surface area contributed by atoms with E-state index in [2.05, 4.69) is 15.9 Å². The van der Waals surface area contributed by atoms with Gasteiger partial charge in [-0.1, -0.05) is 52.3 Å². The molecule has 0 saturated heterocycles. The van der Waals surface area contributed by atoms with Crippen LogP contribution in [0.5, 0.6) is 0 Å². The SMILES string of the molecule is CCOC(=O)CCC(=O)c1ccc(-c2ccc(Br)cc2)cc1. The van der Waals surface area contributed by atoms with E-state index in [4.69, 9.17) is 4.74 Å². The Morgan fingerprint density at radius 1 is 0.909 bits per heavy atom. The Morgan fingerprint density at radius 3 is 2.00 bits per heavy atom. The molecule has 0 spiro atoms. The highest BCUT2D eigenvalue weighted by atomic mass is 79.9. The normalized spacial score (nSPS) is 10.3. The summed E-state index contributed by atoms with van der Waals surface area (Å²) in [5.41, 5.74) is 2.76. The van der Waals surface area contributed by atoms with Crippen LogP contribution in [0.15, 0.2) is 53.0 Å². The molecule has 0 aromatic heterocycles. The van der Waals surface area contributed by atoms with Crippen LogP contribution in [0.1, 0.15) is 30.1 Å². The lowest BCUT2D eigenvalue weighted by Crippen LogP contribution is -2.07. The molecule has 0 aliphatic carbocycles. The van der Waals surface area contributed by atoms with Gasteiger partial charge in [-0.2, -0.15) is 0 Å². The summed E-state index contributed by atoms with van der Waals surface area (Å²) in [6, 6.07) is 15.4. The van der Waals surface area contributed by atoms with Gasteiger partial charge in [0, 0.05) is 16.5 Å². The minimum Gasteiger partial charge on any atom is -0.466 e. The maximum atomic E-state index is 12.0. The Bertz CT molecular complexity index is 645. The lowest BCUT2D eigenvalue weighted by atomic mass is 10.0. The van der Waals surface area contributed by atoms with Crippen LogP contribution in [0.4, 0.5) is 0 Å². The number of rotatable bonds is 6. The van der Waals surface area contributed by atoms with Gasteiger partial charge in [-0.15, -0.1) is 0 Å². The molecule has 0 bridgehead atoms. The second-order valence-corrected chi connectivity index (χ2v) is 5.73. The Hall–Kier alpha value is -1.94. The number of Topliss-reactive ketones (excluding diaryl/α,β-unsaturated/α-hetero) is 1. The van der Waals surface area contributed by atoms with E-state index < -0.39 is 0 Å². The maximum Gasteiger partial charge on any atom is 0.306 e. The van der Waals surface area contributed by atoms with Gasteiger partial charge >= 0.3 is 5.97 Å². The zero-order chi connectivity index (χ0) is 15.9. The van der Waals surface area contributed by atoms with Gasteiger partial charge in [-0.25, -0.2) is 0 Å². The smallest absolute Gasteiger partial charge is 0.306 e. The fourth-order valence-corrected chi connectivity index (χ4v) is 2.35. The first-order chi connectivity index (χ1) is 10.6. The van der Waals surface area contributed by atoms with Crippen LogP contribution in [0.2, 0.25) is 0 Å². The molecule has 22 heavy (non-hydrogen) atoms. The van der Waals surface area contributed by atoms with Crippen LogP contribution in [-0.4, -0.2) is 18.4 Å². The number of benzene rings is 2. The number of hydrogen-bond acceptors (Lipinski definition) is 3. The third-order valence-electron chi connectivity index (χ3n) is 3.25. The highest BCUT2D eigenvalue weighted by molar-refractivity contribution is 9.10. The third-order valence-corrected chi connectivity index (χ3v) is 3.77. The van der Waals surface area contributed by atoms with Crippen LogP contribution in [-0.2, 0) is 9.53 Å². The van der Waals surface area contributed by atoms with E-state index in [9.17, 15) is 9.59 Å². The number of carbonyl (C=O) groups is 2. The number of esters is 1. The van der Waals surface area contributed by atoms with Gasteiger partial charge in [-0.05, 0) is 30.2 Å². The zero-order valence-electron chi connectivity index (χ0n) is 12.3. The van der Waals surface area contributed by atoms with Gasteiger partial charge in [0.05, 0.1) is 13.0 Å². The van der Waals surface area contributed by atoms with Crippen LogP contribution in [0, 0.1) is 0 Å². The van der Waals surface area contributed by atoms with Crippen molar-refractivity contribution >= 4 is 27.7 Å². The van der Waals surface area contributed by atoms with E-state index in [0.29, 0.717) is 12.2 Å². The predicted molar refractivity (Wildman–Crippen MR) is 89.8 cm³/mol. The van der Waals surface area contributed by atoms with Crippen molar-refractivity contribution in [1.82, 2.24) is 0 Å². The van der Waals surface area contributed by atoms with E-state index in [-0.39, 0.29) is 24.6 Å². The van der Waals surface area contributed by atoms with Gasteiger partial charge in [0.25, 0.3) is 0 Å². The number of carbonyl (C=O) groups excluding carboxylic acids is 2. The average Bonchev–Trinajstić information content (AvgIpc) is 2.54. The van der Waals surface area contributed by atoms with Gasteiger partial charge in [-0.3, -0.25) is 9.59 Å². The fourth-order valence-electron chi connectivity index (χ4n) is 2.08. The predicted octanol–water partition coefficient (Wildman–Crippen LogP) is 4.64. The molecule has 0 aliphatic rings. The van der Waals surface area contributed by atoms with E-state index in [0.717, 1.165) is 15.6 Å². The van der Waals surface area contributed by atoms with Crippen LogP contribution < -0.4 is 0 Å². The van der Waals surface area contributed by atoms with E-state index >= 15 is 0 Å². The number of halogens is 1. The summed E-state index contributed by atoms with van der Waals surface area (Å²) in [5.74, 6) is -0.377. The second kappa shape index (κ2) is 7.90. The van der Waals surface area contributed by atoms with Crippen molar-refractivity contribution in [3.63, 3.8) is 0 Å². The van der Waals surface area contributed by atoms with Crippen LogP contribution in [0.3, 0.4) is 0 Å². The van der Waals surface area contributed by atoms with Crippen molar-refractivity contribution in [2.24, 2.45) is 0 Å². The Labute approximate surface area is 138 Å². The molecule has 2 rings (SSSR count). The van der Waals surface area contributed by atoms with Gasteiger partial charge in [0.1, 0.15) is 0 Å². The standard InChI is InChI=1S/C18H17BrO3/c1-2-22-18(21)12-11-17(20)15-5-3-13(4-6-15)14-7-9-16(19)10-8-14/h3-10H,2,11-12H2,1H3.